The first-order chi connectivity index (χ1) is 11.9. The van der Waals surface area contributed by atoms with Crippen LogP contribution in [0.4, 0.5) is 0 Å². The Kier molecular flexibility index (Phi) is 6.60. The molecule has 0 fully saturated rings. The Morgan fingerprint density at radius 1 is 1.04 bits per heavy atom. The molecule has 1 atom stereocenters. The third-order valence-electron chi connectivity index (χ3n) is 4.83. The van der Waals surface area contributed by atoms with E-state index in [1.165, 1.54) is 24.0 Å². The lowest BCUT2D eigenvalue weighted by atomic mass is 9.90. The lowest BCUT2D eigenvalue weighted by Gasteiger charge is -2.21. The first-order valence-electron chi connectivity index (χ1n) is 9.31. The largest absolute Gasteiger partial charge is 0.438 e. The highest BCUT2D eigenvalue weighted by Crippen LogP contribution is 2.34. The lowest BCUT2D eigenvalue weighted by molar-refractivity contribution is 0.447. The number of pyridine rings is 1. The molecule has 0 aliphatic carbocycles. The third-order valence-corrected chi connectivity index (χ3v) is 4.83. The predicted octanol–water partition coefficient (Wildman–Crippen LogP) is 5.65. The summed E-state index contributed by atoms with van der Waals surface area (Å²) in [5.74, 6) is 1.99. The molecule has 1 aromatic carbocycles. The predicted molar refractivity (Wildman–Crippen MR) is 106 cm³/mol. The monoisotopic (exact) mass is 340 g/mol. The van der Waals surface area contributed by atoms with Gasteiger partial charge in [0.1, 0.15) is 5.75 Å². The van der Waals surface area contributed by atoms with E-state index in [1.807, 2.05) is 6.92 Å². The van der Waals surface area contributed by atoms with Gasteiger partial charge in [0.25, 0.3) is 0 Å². The Labute approximate surface area is 152 Å². The fraction of sp³-hybridized carbons (Fsp3) is 0.500. The van der Waals surface area contributed by atoms with Crippen LogP contribution in [0.3, 0.4) is 0 Å². The van der Waals surface area contributed by atoms with Crippen LogP contribution in [0.1, 0.15) is 65.6 Å². The molecule has 3 nitrogen and oxygen atoms in total. The molecule has 0 aliphatic rings. The van der Waals surface area contributed by atoms with Gasteiger partial charge in [-0.2, -0.15) is 0 Å². The zero-order valence-corrected chi connectivity index (χ0v) is 16.6. The van der Waals surface area contributed by atoms with Gasteiger partial charge in [-0.25, -0.2) is 4.98 Å². The molecule has 3 heteroatoms. The summed E-state index contributed by atoms with van der Waals surface area (Å²) in [5.41, 5.74) is 13.0. The zero-order chi connectivity index (χ0) is 18.6. The molecule has 2 N–H and O–H groups in total. The lowest BCUT2D eigenvalue weighted by Crippen LogP contribution is -2.15. The van der Waals surface area contributed by atoms with Crippen molar-refractivity contribution in [1.29, 1.82) is 0 Å². The van der Waals surface area contributed by atoms with Crippen molar-refractivity contribution >= 4 is 0 Å². The molecule has 0 saturated carbocycles. The molecule has 2 aromatic rings. The van der Waals surface area contributed by atoms with Gasteiger partial charge in [-0.1, -0.05) is 37.5 Å². The maximum absolute atomic E-state index is 6.29. The van der Waals surface area contributed by atoms with Crippen LogP contribution in [-0.2, 0) is 0 Å². The van der Waals surface area contributed by atoms with Crippen molar-refractivity contribution in [3.8, 4) is 11.6 Å². The quantitative estimate of drug-likeness (QED) is 0.708. The first-order valence-corrected chi connectivity index (χ1v) is 9.31. The summed E-state index contributed by atoms with van der Waals surface area (Å²) < 4.78 is 6.29. The van der Waals surface area contributed by atoms with Crippen LogP contribution >= 0.6 is 0 Å². The summed E-state index contributed by atoms with van der Waals surface area (Å²) in [5, 5.41) is 0. The van der Waals surface area contributed by atoms with Crippen molar-refractivity contribution in [2.75, 3.05) is 6.54 Å². The van der Waals surface area contributed by atoms with E-state index < -0.39 is 0 Å². The number of aryl methyl sites for hydroxylation is 4. The van der Waals surface area contributed by atoms with E-state index in [0.29, 0.717) is 18.3 Å². The number of hydrogen-bond donors (Lipinski definition) is 1. The van der Waals surface area contributed by atoms with Crippen molar-refractivity contribution in [1.82, 2.24) is 4.98 Å². The van der Waals surface area contributed by atoms with Gasteiger partial charge >= 0.3 is 0 Å². The molecule has 136 valence electrons. The van der Waals surface area contributed by atoms with Gasteiger partial charge in [0, 0.05) is 11.3 Å². The average Bonchev–Trinajstić information content (AvgIpc) is 2.55. The molecule has 1 unspecified atom stereocenters. The van der Waals surface area contributed by atoms with Crippen LogP contribution in [0.15, 0.2) is 18.2 Å². The molecule has 0 aliphatic heterocycles. The van der Waals surface area contributed by atoms with Crippen LogP contribution in [0.5, 0.6) is 11.6 Å². The Hall–Kier alpha value is -1.87. The maximum atomic E-state index is 6.29. The van der Waals surface area contributed by atoms with E-state index in [1.54, 1.807) is 0 Å². The van der Waals surface area contributed by atoms with E-state index in [2.05, 4.69) is 57.8 Å². The van der Waals surface area contributed by atoms with Gasteiger partial charge in [0.15, 0.2) is 0 Å². The van der Waals surface area contributed by atoms with Gasteiger partial charge in [0.2, 0.25) is 5.88 Å². The molecule has 0 spiro atoms. The molecule has 0 amide bonds. The maximum Gasteiger partial charge on any atom is 0.222 e. The van der Waals surface area contributed by atoms with Crippen molar-refractivity contribution < 1.29 is 4.74 Å². The highest BCUT2D eigenvalue weighted by Gasteiger charge is 2.18. The van der Waals surface area contributed by atoms with Crippen molar-refractivity contribution in [3.63, 3.8) is 0 Å². The summed E-state index contributed by atoms with van der Waals surface area (Å²) in [4.78, 5) is 4.67. The standard InChI is InChI=1S/C22H32N2O/c1-7-8-9-19(13-23)20-12-17(5)24-22(18(20)6)25-21-15(3)10-14(2)11-16(21)4/h10-12,19H,7-9,13,23H2,1-6H3. The molecule has 0 bridgehead atoms. The smallest absolute Gasteiger partial charge is 0.222 e. The highest BCUT2D eigenvalue weighted by atomic mass is 16.5. The minimum atomic E-state index is 0.365. The van der Waals surface area contributed by atoms with E-state index in [9.17, 15) is 0 Å². The van der Waals surface area contributed by atoms with Gasteiger partial charge in [-0.15, -0.1) is 0 Å². The summed E-state index contributed by atoms with van der Waals surface area (Å²) >= 11 is 0. The molecule has 0 saturated heterocycles. The van der Waals surface area contributed by atoms with Crippen LogP contribution in [0.2, 0.25) is 0 Å². The number of unbranched alkanes of at least 4 members (excludes halogenated alkanes) is 1. The van der Waals surface area contributed by atoms with E-state index in [-0.39, 0.29) is 0 Å². The van der Waals surface area contributed by atoms with E-state index in [4.69, 9.17) is 10.5 Å². The SMILES string of the molecule is CCCCC(CN)c1cc(C)nc(Oc2c(C)cc(C)cc2C)c1C. The average molecular weight is 341 g/mol. The third kappa shape index (κ3) is 4.60. The summed E-state index contributed by atoms with van der Waals surface area (Å²) in [7, 11) is 0. The number of ether oxygens (including phenoxy) is 1. The topological polar surface area (TPSA) is 48.1 Å². The molecule has 1 heterocycles. The summed E-state index contributed by atoms with van der Waals surface area (Å²) in [6.45, 7) is 13.3. The minimum Gasteiger partial charge on any atom is -0.438 e. The second-order valence-corrected chi connectivity index (χ2v) is 7.19. The van der Waals surface area contributed by atoms with Crippen molar-refractivity contribution in [2.24, 2.45) is 5.73 Å². The number of nitrogens with two attached hydrogens (primary N) is 1. The van der Waals surface area contributed by atoms with Crippen LogP contribution < -0.4 is 10.5 Å². The Balaban J connectivity index is 2.43. The molecule has 1 aromatic heterocycles. The number of rotatable bonds is 7. The fourth-order valence-corrected chi connectivity index (χ4v) is 3.53. The number of aromatic nitrogens is 1. The Morgan fingerprint density at radius 2 is 1.68 bits per heavy atom. The zero-order valence-electron chi connectivity index (χ0n) is 16.6. The van der Waals surface area contributed by atoms with Crippen molar-refractivity contribution in [3.05, 3.63) is 51.7 Å². The van der Waals surface area contributed by atoms with Gasteiger partial charge < -0.3 is 10.5 Å². The fourth-order valence-electron chi connectivity index (χ4n) is 3.53. The molecule has 0 radical (unpaired) electrons. The van der Waals surface area contributed by atoms with Gasteiger partial charge in [-0.05, 0) is 76.3 Å². The second kappa shape index (κ2) is 8.48. The Bertz CT molecular complexity index is 714. The summed E-state index contributed by atoms with van der Waals surface area (Å²) in [6, 6.07) is 6.47. The molecule has 2 rings (SSSR count). The molecular formula is C22H32N2O. The van der Waals surface area contributed by atoms with Gasteiger partial charge in [0.05, 0.1) is 0 Å². The normalized spacial score (nSPS) is 12.3. The first kappa shape index (κ1) is 19.5. The van der Waals surface area contributed by atoms with Crippen molar-refractivity contribution in [2.45, 2.75) is 66.7 Å². The van der Waals surface area contributed by atoms with Crippen LogP contribution in [0.25, 0.3) is 0 Å². The molecular weight excluding hydrogens is 308 g/mol. The van der Waals surface area contributed by atoms with Crippen LogP contribution in [0, 0.1) is 34.6 Å². The summed E-state index contributed by atoms with van der Waals surface area (Å²) in [6.07, 6.45) is 3.49. The molecule has 25 heavy (non-hydrogen) atoms. The number of benzene rings is 1. The Morgan fingerprint density at radius 3 is 2.24 bits per heavy atom. The van der Waals surface area contributed by atoms with E-state index in [0.717, 1.165) is 34.6 Å². The second-order valence-electron chi connectivity index (χ2n) is 7.19. The highest BCUT2D eigenvalue weighted by molar-refractivity contribution is 5.47. The van der Waals surface area contributed by atoms with Gasteiger partial charge in [-0.3, -0.25) is 0 Å². The minimum absolute atomic E-state index is 0.365. The number of hydrogen-bond acceptors (Lipinski definition) is 3. The van der Waals surface area contributed by atoms with E-state index >= 15 is 0 Å². The van der Waals surface area contributed by atoms with Crippen LogP contribution in [-0.4, -0.2) is 11.5 Å². The number of nitrogens with zero attached hydrogens (tertiary/aromatic N) is 1.